The van der Waals surface area contributed by atoms with Crippen molar-refractivity contribution in [1.29, 1.82) is 0 Å². The topological polar surface area (TPSA) is 96.8 Å². The molecular formula is C24H25N7O. The van der Waals surface area contributed by atoms with Gasteiger partial charge in [0.1, 0.15) is 5.82 Å². The molecule has 162 valence electrons. The van der Waals surface area contributed by atoms with Crippen molar-refractivity contribution in [2.24, 2.45) is 0 Å². The molecule has 0 saturated carbocycles. The van der Waals surface area contributed by atoms with E-state index in [4.69, 9.17) is 9.97 Å². The lowest BCUT2D eigenvalue weighted by atomic mass is 10.1. The Kier molecular flexibility index (Phi) is 5.51. The average molecular weight is 428 g/mol. The lowest BCUT2D eigenvalue weighted by Gasteiger charge is -2.21. The van der Waals surface area contributed by atoms with Gasteiger partial charge in [0.05, 0.1) is 17.4 Å². The summed E-state index contributed by atoms with van der Waals surface area (Å²) in [6.07, 6.45) is 2.66. The maximum Gasteiger partial charge on any atom is 0.253 e. The number of rotatable bonds is 6. The number of benzene rings is 2. The minimum Gasteiger partial charge on any atom is -0.366 e. The van der Waals surface area contributed by atoms with Crippen LogP contribution in [0.4, 0.5) is 5.82 Å². The van der Waals surface area contributed by atoms with Crippen LogP contribution in [0.2, 0.25) is 0 Å². The number of amides is 1. The fourth-order valence-electron chi connectivity index (χ4n) is 4.00. The van der Waals surface area contributed by atoms with Crippen LogP contribution in [-0.4, -0.2) is 32.2 Å². The van der Waals surface area contributed by atoms with E-state index in [-0.39, 0.29) is 5.91 Å². The van der Waals surface area contributed by atoms with Gasteiger partial charge in [-0.05, 0) is 17.2 Å². The Bertz CT molecular complexity index is 1270. The fraction of sp³-hybridized carbons (Fsp3) is 0.250. The number of nitrogens with one attached hydrogen (secondary N) is 3. The maximum absolute atomic E-state index is 11.4. The molecule has 0 unspecified atom stereocenters. The van der Waals surface area contributed by atoms with Gasteiger partial charge in [-0.25, -0.2) is 4.98 Å². The highest BCUT2D eigenvalue weighted by atomic mass is 16.1. The molecule has 3 N–H and O–H groups in total. The Morgan fingerprint density at radius 2 is 1.97 bits per heavy atom. The van der Waals surface area contributed by atoms with E-state index in [1.54, 1.807) is 4.68 Å². The van der Waals surface area contributed by atoms with Crippen LogP contribution in [0.1, 0.15) is 29.3 Å². The molecule has 0 saturated heterocycles. The highest BCUT2D eigenvalue weighted by Crippen LogP contribution is 2.25. The van der Waals surface area contributed by atoms with Crippen molar-refractivity contribution < 1.29 is 4.79 Å². The SMILES string of the molecule is CC(=O)NCc1cccc2c1cnn2-c1nc2c(c(NCc3ccccc3)n1)CNCC2. The van der Waals surface area contributed by atoms with E-state index in [2.05, 4.69) is 33.2 Å². The molecule has 2 aromatic carbocycles. The smallest absolute Gasteiger partial charge is 0.253 e. The molecule has 5 rings (SSSR count). The number of aromatic nitrogens is 4. The van der Waals surface area contributed by atoms with E-state index in [0.717, 1.165) is 53.1 Å². The van der Waals surface area contributed by atoms with Gasteiger partial charge in [0.15, 0.2) is 0 Å². The van der Waals surface area contributed by atoms with E-state index >= 15 is 0 Å². The second kappa shape index (κ2) is 8.76. The Morgan fingerprint density at radius 1 is 1.09 bits per heavy atom. The predicted octanol–water partition coefficient (Wildman–Crippen LogP) is 2.71. The van der Waals surface area contributed by atoms with Crippen molar-refractivity contribution in [2.75, 3.05) is 11.9 Å². The van der Waals surface area contributed by atoms with Crippen molar-refractivity contribution in [1.82, 2.24) is 30.4 Å². The summed E-state index contributed by atoms with van der Waals surface area (Å²) in [4.78, 5) is 21.1. The van der Waals surface area contributed by atoms with Crippen LogP contribution in [0, 0.1) is 0 Å². The Balaban J connectivity index is 1.53. The molecule has 3 heterocycles. The van der Waals surface area contributed by atoms with Crippen molar-refractivity contribution in [2.45, 2.75) is 33.0 Å². The van der Waals surface area contributed by atoms with Gasteiger partial charge in [0, 0.05) is 50.5 Å². The largest absolute Gasteiger partial charge is 0.366 e. The Labute approximate surface area is 186 Å². The number of anilines is 1. The van der Waals surface area contributed by atoms with E-state index in [9.17, 15) is 4.79 Å². The second-order valence-electron chi connectivity index (χ2n) is 7.88. The van der Waals surface area contributed by atoms with E-state index in [1.165, 1.54) is 12.5 Å². The highest BCUT2D eigenvalue weighted by molar-refractivity contribution is 5.84. The van der Waals surface area contributed by atoms with Crippen LogP contribution < -0.4 is 16.0 Å². The van der Waals surface area contributed by atoms with Crippen molar-refractivity contribution in [3.8, 4) is 5.95 Å². The number of carbonyl (C=O) groups excluding carboxylic acids is 1. The Morgan fingerprint density at radius 3 is 2.81 bits per heavy atom. The number of nitrogens with zero attached hydrogens (tertiary/aromatic N) is 4. The van der Waals surface area contributed by atoms with Crippen molar-refractivity contribution in [3.05, 3.63) is 77.1 Å². The first-order chi connectivity index (χ1) is 15.7. The maximum atomic E-state index is 11.4. The highest BCUT2D eigenvalue weighted by Gasteiger charge is 2.20. The minimum atomic E-state index is -0.0600. The van der Waals surface area contributed by atoms with Crippen LogP contribution in [0.25, 0.3) is 16.9 Å². The van der Waals surface area contributed by atoms with E-state index in [1.807, 2.05) is 42.6 Å². The molecule has 0 fully saturated rings. The monoisotopic (exact) mass is 427 g/mol. The quantitative estimate of drug-likeness (QED) is 0.438. The zero-order chi connectivity index (χ0) is 21.9. The number of hydrogen-bond donors (Lipinski definition) is 3. The van der Waals surface area contributed by atoms with Crippen LogP contribution in [0.3, 0.4) is 0 Å². The normalized spacial score (nSPS) is 13.0. The zero-order valence-corrected chi connectivity index (χ0v) is 17.9. The molecule has 2 aromatic heterocycles. The number of fused-ring (bicyclic) bond motifs is 2. The van der Waals surface area contributed by atoms with Crippen molar-refractivity contribution in [3.63, 3.8) is 0 Å². The third-order valence-corrected chi connectivity index (χ3v) is 5.65. The molecule has 1 amide bonds. The van der Waals surface area contributed by atoms with Gasteiger partial charge in [-0.15, -0.1) is 0 Å². The molecule has 0 bridgehead atoms. The summed E-state index contributed by atoms with van der Waals surface area (Å²) in [6.45, 7) is 4.29. The summed E-state index contributed by atoms with van der Waals surface area (Å²) in [7, 11) is 0. The molecule has 0 atom stereocenters. The van der Waals surface area contributed by atoms with Crippen LogP contribution in [-0.2, 0) is 30.8 Å². The summed E-state index contributed by atoms with van der Waals surface area (Å²) in [5.41, 5.74) is 5.27. The van der Waals surface area contributed by atoms with Crippen LogP contribution >= 0.6 is 0 Å². The van der Waals surface area contributed by atoms with Gasteiger partial charge >= 0.3 is 0 Å². The fourth-order valence-corrected chi connectivity index (χ4v) is 4.00. The zero-order valence-electron chi connectivity index (χ0n) is 17.9. The first kappa shape index (κ1) is 20.1. The molecule has 0 radical (unpaired) electrons. The summed E-state index contributed by atoms with van der Waals surface area (Å²) < 4.78 is 1.78. The van der Waals surface area contributed by atoms with Crippen molar-refractivity contribution >= 4 is 22.6 Å². The van der Waals surface area contributed by atoms with Gasteiger partial charge in [-0.3, -0.25) is 4.79 Å². The molecular weight excluding hydrogens is 402 g/mol. The van der Waals surface area contributed by atoms with E-state index in [0.29, 0.717) is 19.0 Å². The molecule has 8 heteroatoms. The summed E-state index contributed by atoms with van der Waals surface area (Å²) in [6, 6.07) is 16.2. The number of carbonyl (C=O) groups is 1. The number of hydrogen-bond acceptors (Lipinski definition) is 6. The lowest BCUT2D eigenvalue weighted by Crippen LogP contribution is -2.27. The first-order valence-corrected chi connectivity index (χ1v) is 10.8. The van der Waals surface area contributed by atoms with Gasteiger partial charge in [0.25, 0.3) is 5.95 Å². The van der Waals surface area contributed by atoms with E-state index < -0.39 is 0 Å². The summed E-state index contributed by atoms with van der Waals surface area (Å²) in [5.74, 6) is 1.32. The Hall–Kier alpha value is -3.78. The molecule has 1 aliphatic heterocycles. The second-order valence-corrected chi connectivity index (χ2v) is 7.88. The third kappa shape index (κ3) is 4.04. The molecule has 32 heavy (non-hydrogen) atoms. The van der Waals surface area contributed by atoms with Gasteiger partial charge in [0.2, 0.25) is 5.91 Å². The first-order valence-electron chi connectivity index (χ1n) is 10.8. The molecule has 0 aliphatic carbocycles. The lowest BCUT2D eigenvalue weighted by molar-refractivity contribution is -0.119. The van der Waals surface area contributed by atoms with Crippen LogP contribution in [0.15, 0.2) is 54.7 Å². The summed E-state index contributed by atoms with van der Waals surface area (Å²) >= 11 is 0. The van der Waals surface area contributed by atoms with Crippen LogP contribution in [0.5, 0.6) is 0 Å². The molecule has 8 nitrogen and oxygen atoms in total. The predicted molar refractivity (Wildman–Crippen MR) is 123 cm³/mol. The van der Waals surface area contributed by atoms with Gasteiger partial charge < -0.3 is 16.0 Å². The molecule has 0 spiro atoms. The average Bonchev–Trinajstić information content (AvgIpc) is 3.26. The van der Waals surface area contributed by atoms with Gasteiger partial charge in [-0.1, -0.05) is 42.5 Å². The van der Waals surface area contributed by atoms with Gasteiger partial charge in [-0.2, -0.15) is 14.8 Å². The molecule has 4 aromatic rings. The summed E-state index contributed by atoms with van der Waals surface area (Å²) in [5, 5.41) is 15.4. The molecule has 1 aliphatic rings. The standard InChI is InChI=1S/C24H25N7O/c1-16(32)26-13-18-8-5-9-22-19(18)15-28-31(22)24-29-21-10-11-25-14-20(21)23(30-24)27-12-17-6-3-2-4-7-17/h2-9,15,25H,10-14H2,1H3,(H,26,32)(H,27,29,30). The minimum absolute atomic E-state index is 0.0600. The third-order valence-electron chi connectivity index (χ3n) is 5.65.